The molecule has 0 radical (unpaired) electrons. The first-order valence-corrected chi connectivity index (χ1v) is 9.99. The van der Waals surface area contributed by atoms with Gasteiger partial charge in [-0.1, -0.05) is 36.9 Å². The summed E-state index contributed by atoms with van der Waals surface area (Å²) in [5.41, 5.74) is 2.07. The van der Waals surface area contributed by atoms with Crippen LogP contribution in [0.2, 0.25) is 5.02 Å². The van der Waals surface area contributed by atoms with Crippen molar-refractivity contribution in [3.8, 4) is 5.75 Å². The maximum atomic E-state index is 12.3. The first-order chi connectivity index (χ1) is 13.5. The van der Waals surface area contributed by atoms with Crippen LogP contribution in [0.25, 0.3) is 0 Å². The standard InChI is InChI=1S/C22H25ClN2O3/c1-15-19(23)8-5-9-20(15)25-21(26)14-28-18-12-10-16(11-13-18)22(27)24-17-6-3-2-4-7-17/h5,8-13,17H,2-4,6-7,14H2,1H3,(H,24,27)(H,25,26). The number of anilines is 1. The number of rotatable bonds is 6. The zero-order chi connectivity index (χ0) is 19.9. The van der Waals surface area contributed by atoms with E-state index >= 15 is 0 Å². The smallest absolute Gasteiger partial charge is 0.262 e. The van der Waals surface area contributed by atoms with Gasteiger partial charge in [-0.15, -0.1) is 0 Å². The maximum Gasteiger partial charge on any atom is 0.262 e. The summed E-state index contributed by atoms with van der Waals surface area (Å²) in [4.78, 5) is 24.4. The monoisotopic (exact) mass is 400 g/mol. The predicted octanol–water partition coefficient (Wildman–Crippen LogP) is 4.73. The van der Waals surface area contributed by atoms with E-state index in [1.165, 1.54) is 19.3 Å². The average Bonchev–Trinajstić information content (AvgIpc) is 2.71. The number of benzene rings is 2. The lowest BCUT2D eigenvalue weighted by molar-refractivity contribution is -0.118. The molecule has 6 heteroatoms. The van der Waals surface area contributed by atoms with Crippen molar-refractivity contribution in [1.82, 2.24) is 5.32 Å². The average molecular weight is 401 g/mol. The molecule has 0 unspecified atom stereocenters. The lowest BCUT2D eigenvalue weighted by atomic mass is 9.95. The van der Waals surface area contributed by atoms with Gasteiger partial charge in [0, 0.05) is 22.3 Å². The Bertz CT molecular complexity index is 830. The van der Waals surface area contributed by atoms with E-state index in [0.29, 0.717) is 22.0 Å². The highest BCUT2D eigenvalue weighted by atomic mass is 35.5. The number of carbonyl (C=O) groups is 2. The first-order valence-electron chi connectivity index (χ1n) is 9.61. The summed E-state index contributed by atoms with van der Waals surface area (Å²) in [7, 11) is 0. The van der Waals surface area contributed by atoms with Gasteiger partial charge >= 0.3 is 0 Å². The number of halogens is 1. The van der Waals surface area contributed by atoms with Crippen molar-refractivity contribution in [2.75, 3.05) is 11.9 Å². The molecule has 5 nitrogen and oxygen atoms in total. The van der Waals surface area contributed by atoms with Gasteiger partial charge in [-0.25, -0.2) is 0 Å². The summed E-state index contributed by atoms with van der Waals surface area (Å²) in [5, 5.41) is 6.47. The first kappa shape index (κ1) is 20.2. The van der Waals surface area contributed by atoms with Gasteiger partial charge < -0.3 is 15.4 Å². The normalized spacial score (nSPS) is 14.4. The molecule has 0 aromatic heterocycles. The van der Waals surface area contributed by atoms with E-state index < -0.39 is 0 Å². The van der Waals surface area contributed by atoms with Crippen LogP contribution in [0.1, 0.15) is 48.0 Å². The quantitative estimate of drug-likeness (QED) is 0.736. The highest BCUT2D eigenvalue weighted by Crippen LogP contribution is 2.23. The Balaban J connectivity index is 1.49. The second kappa shape index (κ2) is 9.60. The van der Waals surface area contributed by atoms with Crippen molar-refractivity contribution in [3.05, 3.63) is 58.6 Å². The van der Waals surface area contributed by atoms with Crippen molar-refractivity contribution in [2.45, 2.75) is 45.1 Å². The van der Waals surface area contributed by atoms with Crippen LogP contribution in [0.4, 0.5) is 5.69 Å². The molecule has 1 saturated carbocycles. The topological polar surface area (TPSA) is 67.4 Å². The van der Waals surface area contributed by atoms with E-state index in [-0.39, 0.29) is 24.5 Å². The molecule has 0 atom stereocenters. The molecule has 2 N–H and O–H groups in total. The summed E-state index contributed by atoms with van der Waals surface area (Å²) in [5.74, 6) is 0.198. The Morgan fingerprint density at radius 3 is 2.50 bits per heavy atom. The molecule has 1 aliphatic rings. The molecule has 0 aliphatic heterocycles. The van der Waals surface area contributed by atoms with Crippen molar-refractivity contribution in [1.29, 1.82) is 0 Å². The summed E-state index contributed by atoms with van der Waals surface area (Å²) in [6.07, 6.45) is 5.70. The fourth-order valence-corrected chi connectivity index (χ4v) is 3.47. The fraction of sp³-hybridized carbons (Fsp3) is 0.364. The van der Waals surface area contributed by atoms with Gasteiger partial charge in [0.2, 0.25) is 0 Å². The van der Waals surface area contributed by atoms with Crippen LogP contribution < -0.4 is 15.4 Å². The summed E-state index contributed by atoms with van der Waals surface area (Å²) in [6.45, 7) is 1.72. The fourth-order valence-electron chi connectivity index (χ4n) is 3.30. The molecule has 2 aromatic carbocycles. The maximum absolute atomic E-state index is 12.3. The molecule has 148 valence electrons. The molecule has 0 bridgehead atoms. The highest BCUT2D eigenvalue weighted by Gasteiger charge is 2.16. The van der Waals surface area contributed by atoms with Crippen molar-refractivity contribution in [2.24, 2.45) is 0 Å². The molecule has 28 heavy (non-hydrogen) atoms. The third kappa shape index (κ3) is 5.49. The zero-order valence-electron chi connectivity index (χ0n) is 16.0. The van der Waals surface area contributed by atoms with Crippen LogP contribution in [0.3, 0.4) is 0 Å². The summed E-state index contributed by atoms with van der Waals surface area (Å²) in [6, 6.07) is 12.5. The van der Waals surface area contributed by atoms with Gasteiger partial charge in [0.15, 0.2) is 6.61 Å². The molecule has 0 saturated heterocycles. The van der Waals surface area contributed by atoms with Gasteiger partial charge in [0.1, 0.15) is 5.75 Å². The summed E-state index contributed by atoms with van der Waals surface area (Å²) < 4.78 is 5.52. The largest absolute Gasteiger partial charge is 0.484 e. The lowest BCUT2D eigenvalue weighted by Gasteiger charge is -2.22. The Labute approximate surface area is 170 Å². The number of carbonyl (C=O) groups excluding carboxylic acids is 2. The van der Waals surface area contributed by atoms with Crippen molar-refractivity contribution < 1.29 is 14.3 Å². The van der Waals surface area contributed by atoms with Gasteiger partial charge in [-0.3, -0.25) is 9.59 Å². The Morgan fingerprint density at radius 1 is 1.07 bits per heavy atom. The van der Waals surface area contributed by atoms with E-state index in [9.17, 15) is 9.59 Å². The van der Waals surface area contributed by atoms with Crippen LogP contribution in [0.5, 0.6) is 5.75 Å². The van der Waals surface area contributed by atoms with Crippen LogP contribution in [-0.4, -0.2) is 24.5 Å². The van der Waals surface area contributed by atoms with E-state index in [0.717, 1.165) is 18.4 Å². The molecule has 2 aromatic rings. The molecule has 1 fully saturated rings. The Kier molecular flexibility index (Phi) is 6.93. The third-order valence-corrected chi connectivity index (χ3v) is 5.38. The molecule has 0 heterocycles. The Morgan fingerprint density at radius 2 is 1.79 bits per heavy atom. The van der Waals surface area contributed by atoms with Crippen LogP contribution in [0.15, 0.2) is 42.5 Å². The van der Waals surface area contributed by atoms with E-state index in [2.05, 4.69) is 10.6 Å². The minimum atomic E-state index is -0.274. The lowest BCUT2D eigenvalue weighted by Crippen LogP contribution is -2.36. The summed E-state index contributed by atoms with van der Waals surface area (Å²) >= 11 is 6.06. The second-order valence-corrected chi connectivity index (χ2v) is 7.49. The minimum Gasteiger partial charge on any atom is -0.484 e. The van der Waals surface area contributed by atoms with Crippen molar-refractivity contribution in [3.63, 3.8) is 0 Å². The molecule has 0 spiro atoms. The Hall–Kier alpha value is -2.53. The molecular formula is C22H25ClN2O3. The molecule has 2 amide bonds. The SMILES string of the molecule is Cc1c(Cl)cccc1NC(=O)COc1ccc(C(=O)NC2CCCCC2)cc1. The third-order valence-electron chi connectivity index (χ3n) is 4.97. The van der Waals surface area contributed by atoms with Crippen LogP contribution >= 0.6 is 11.6 Å². The van der Waals surface area contributed by atoms with E-state index in [1.807, 2.05) is 6.92 Å². The number of amides is 2. The van der Waals surface area contributed by atoms with E-state index in [4.69, 9.17) is 16.3 Å². The highest BCUT2D eigenvalue weighted by molar-refractivity contribution is 6.31. The number of hydrogen-bond acceptors (Lipinski definition) is 3. The predicted molar refractivity (Wildman–Crippen MR) is 111 cm³/mol. The minimum absolute atomic E-state index is 0.0624. The number of ether oxygens (including phenoxy) is 1. The molecule has 3 rings (SSSR count). The number of hydrogen-bond donors (Lipinski definition) is 2. The van der Waals surface area contributed by atoms with Crippen molar-refractivity contribution >= 4 is 29.1 Å². The second-order valence-electron chi connectivity index (χ2n) is 7.08. The van der Waals surface area contributed by atoms with E-state index in [1.54, 1.807) is 42.5 Å². The van der Waals surface area contributed by atoms with Crippen LogP contribution in [-0.2, 0) is 4.79 Å². The van der Waals surface area contributed by atoms with Gasteiger partial charge in [0.05, 0.1) is 0 Å². The number of nitrogens with one attached hydrogen (secondary N) is 2. The van der Waals surface area contributed by atoms with Gasteiger partial charge in [-0.05, 0) is 61.7 Å². The zero-order valence-corrected chi connectivity index (χ0v) is 16.7. The van der Waals surface area contributed by atoms with Gasteiger partial charge in [0.25, 0.3) is 11.8 Å². The molecule has 1 aliphatic carbocycles. The molecular weight excluding hydrogens is 376 g/mol. The van der Waals surface area contributed by atoms with Crippen LogP contribution in [0, 0.1) is 6.92 Å². The van der Waals surface area contributed by atoms with Gasteiger partial charge in [-0.2, -0.15) is 0 Å².